The lowest BCUT2D eigenvalue weighted by atomic mass is 9.82. The molecule has 1 unspecified atom stereocenters. The molecule has 78 valence electrons. The van der Waals surface area contributed by atoms with Crippen LogP contribution in [0.25, 0.3) is 0 Å². The lowest BCUT2D eigenvalue weighted by Gasteiger charge is -2.30. The van der Waals surface area contributed by atoms with Crippen molar-refractivity contribution in [3.05, 3.63) is 0 Å². The topological polar surface area (TPSA) is 12.0 Å². The van der Waals surface area contributed by atoms with Gasteiger partial charge in [0.1, 0.15) is 0 Å². The van der Waals surface area contributed by atoms with Gasteiger partial charge in [0.25, 0.3) is 0 Å². The quantitative estimate of drug-likeness (QED) is 0.708. The minimum Gasteiger partial charge on any atom is -0.317 e. The maximum absolute atomic E-state index is 3.50. The van der Waals surface area contributed by atoms with Crippen LogP contribution in [0.5, 0.6) is 0 Å². The molecule has 0 aromatic carbocycles. The third kappa shape index (κ3) is 3.68. The summed E-state index contributed by atoms with van der Waals surface area (Å²) >= 11 is 0. The first-order chi connectivity index (χ1) is 6.03. The highest BCUT2D eigenvalue weighted by atomic mass is 14.9. The summed E-state index contributed by atoms with van der Waals surface area (Å²) in [5, 5.41) is 3.50. The maximum Gasteiger partial charge on any atom is 0.00973 e. The Balaban J connectivity index is 2.42. The van der Waals surface area contributed by atoms with Gasteiger partial charge in [-0.2, -0.15) is 0 Å². The number of hydrogen-bond donors (Lipinski definition) is 1. The molecule has 1 saturated carbocycles. The number of nitrogens with one attached hydrogen (secondary N) is 1. The van der Waals surface area contributed by atoms with E-state index < -0.39 is 0 Å². The standard InChI is InChI=1S/C12H25N/c1-12(2,3)9-11(13-4)10-7-5-6-8-10/h10-11,13H,5-9H2,1-4H3. The van der Waals surface area contributed by atoms with E-state index >= 15 is 0 Å². The molecule has 1 nitrogen and oxygen atoms in total. The van der Waals surface area contributed by atoms with Gasteiger partial charge in [-0.05, 0) is 37.6 Å². The van der Waals surface area contributed by atoms with Crippen molar-refractivity contribution in [2.45, 2.75) is 58.9 Å². The van der Waals surface area contributed by atoms with Crippen LogP contribution in [0.3, 0.4) is 0 Å². The summed E-state index contributed by atoms with van der Waals surface area (Å²) in [5.74, 6) is 0.948. The van der Waals surface area contributed by atoms with Crippen LogP contribution in [0.1, 0.15) is 52.9 Å². The second-order valence-corrected chi connectivity index (χ2v) is 5.70. The zero-order valence-electron chi connectivity index (χ0n) is 9.69. The lowest BCUT2D eigenvalue weighted by Crippen LogP contribution is -2.35. The van der Waals surface area contributed by atoms with Crippen molar-refractivity contribution in [2.75, 3.05) is 7.05 Å². The third-order valence-corrected chi connectivity index (χ3v) is 3.17. The molecule has 1 fully saturated rings. The van der Waals surface area contributed by atoms with E-state index in [1.165, 1.54) is 32.1 Å². The highest BCUT2D eigenvalue weighted by Gasteiger charge is 2.27. The van der Waals surface area contributed by atoms with Crippen molar-refractivity contribution in [1.82, 2.24) is 5.32 Å². The van der Waals surface area contributed by atoms with Crippen LogP contribution < -0.4 is 5.32 Å². The van der Waals surface area contributed by atoms with E-state index in [0.717, 1.165) is 12.0 Å². The summed E-state index contributed by atoms with van der Waals surface area (Å²) in [5.41, 5.74) is 0.469. The number of rotatable bonds is 3. The van der Waals surface area contributed by atoms with Crippen molar-refractivity contribution in [1.29, 1.82) is 0 Å². The SMILES string of the molecule is CNC(CC(C)(C)C)C1CCCC1. The van der Waals surface area contributed by atoms with Crippen LogP contribution in [0.15, 0.2) is 0 Å². The van der Waals surface area contributed by atoms with Gasteiger partial charge in [-0.15, -0.1) is 0 Å². The Labute approximate surface area is 83.3 Å². The summed E-state index contributed by atoms with van der Waals surface area (Å²) in [6, 6.07) is 0.752. The third-order valence-electron chi connectivity index (χ3n) is 3.17. The molecule has 0 heterocycles. The Morgan fingerprint density at radius 3 is 2.15 bits per heavy atom. The summed E-state index contributed by atoms with van der Waals surface area (Å²) in [4.78, 5) is 0. The Hall–Kier alpha value is -0.0400. The molecule has 13 heavy (non-hydrogen) atoms. The molecule has 1 atom stereocenters. The van der Waals surface area contributed by atoms with Gasteiger partial charge in [0.2, 0.25) is 0 Å². The van der Waals surface area contributed by atoms with Crippen LogP contribution in [0.4, 0.5) is 0 Å². The average Bonchev–Trinajstić information content (AvgIpc) is 2.50. The van der Waals surface area contributed by atoms with E-state index in [1.54, 1.807) is 0 Å². The molecule has 0 spiro atoms. The van der Waals surface area contributed by atoms with Crippen LogP contribution >= 0.6 is 0 Å². The van der Waals surface area contributed by atoms with Gasteiger partial charge in [-0.3, -0.25) is 0 Å². The fourth-order valence-electron chi connectivity index (χ4n) is 2.52. The fraction of sp³-hybridized carbons (Fsp3) is 1.00. The molecule has 0 aromatic heterocycles. The molecule has 1 aliphatic carbocycles. The van der Waals surface area contributed by atoms with Crippen molar-refractivity contribution >= 4 is 0 Å². The molecule has 0 bridgehead atoms. The predicted octanol–water partition coefficient (Wildman–Crippen LogP) is 3.20. The predicted molar refractivity (Wildman–Crippen MR) is 58.9 cm³/mol. The Kier molecular flexibility index (Phi) is 3.78. The van der Waals surface area contributed by atoms with Crippen LogP contribution in [0, 0.1) is 11.3 Å². The highest BCUT2D eigenvalue weighted by Crippen LogP contribution is 2.33. The first-order valence-corrected chi connectivity index (χ1v) is 5.70. The van der Waals surface area contributed by atoms with Crippen LogP contribution in [0.2, 0.25) is 0 Å². The largest absolute Gasteiger partial charge is 0.317 e. The van der Waals surface area contributed by atoms with Crippen molar-refractivity contribution in [2.24, 2.45) is 11.3 Å². The molecule has 1 aliphatic rings. The second kappa shape index (κ2) is 4.45. The van der Waals surface area contributed by atoms with E-state index in [2.05, 4.69) is 33.1 Å². The van der Waals surface area contributed by atoms with Crippen molar-refractivity contribution in [3.63, 3.8) is 0 Å². The van der Waals surface area contributed by atoms with Gasteiger partial charge in [0.05, 0.1) is 0 Å². The fourth-order valence-corrected chi connectivity index (χ4v) is 2.52. The molecule has 0 amide bonds. The minimum atomic E-state index is 0.469. The van der Waals surface area contributed by atoms with Gasteiger partial charge in [-0.25, -0.2) is 0 Å². The molecular formula is C12H25N. The maximum atomic E-state index is 3.50. The van der Waals surface area contributed by atoms with Crippen molar-refractivity contribution in [3.8, 4) is 0 Å². The van der Waals surface area contributed by atoms with Gasteiger partial charge in [0, 0.05) is 6.04 Å². The van der Waals surface area contributed by atoms with Crippen molar-refractivity contribution < 1.29 is 0 Å². The molecule has 0 radical (unpaired) electrons. The molecule has 0 aliphatic heterocycles. The zero-order valence-corrected chi connectivity index (χ0v) is 9.69. The number of hydrogen-bond acceptors (Lipinski definition) is 1. The first kappa shape index (κ1) is 11.0. The van der Waals surface area contributed by atoms with Gasteiger partial charge in [-0.1, -0.05) is 33.6 Å². The smallest absolute Gasteiger partial charge is 0.00973 e. The van der Waals surface area contributed by atoms with E-state index in [1.807, 2.05) is 0 Å². The average molecular weight is 183 g/mol. The molecule has 1 heteroatoms. The van der Waals surface area contributed by atoms with E-state index in [9.17, 15) is 0 Å². The molecule has 1 rings (SSSR count). The second-order valence-electron chi connectivity index (χ2n) is 5.70. The lowest BCUT2D eigenvalue weighted by molar-refractivity contribution is 0.257. The first-order valence-electron chi connectivity index (χ1n) is 5.70. The normalized spacial score (nSPS) is 22.2. The Morgan fingerprint density at radius 1 is 1.23 bits per heavy atom. The monoisotopic (exact) mass is 183 g/mol. The van der Waals surface area contributed by atoms with Crippen LogP contribution in [-0.4, -0.2) is 13.1 Å². The summed E-state index contributed by atoms with van der Waals surface area (Å²) in [6.07, 6.45) is 7.11. The van der Waals surface area contributed by atoms with E-state index in [4.69, 9.17) is 0 Å². The summed E-state index contributed by atoms with van der Waals surface area (Å²) in [7, 11) is 2.12. The van der Waals surface area contributed by atoms with Gasteiger partial charge < -0.3 is 5.32 Å². The molecule has 1 N–H and O–H groups in total. The molecular weight excluding hydrogens is 158 g/mol. The van der Waals surface area contributed by atoms with Crippen LogP contribution in [-0.2, 0) is 0 Å². The molecule has 0 saturated heterocycles. The van der Waals surface area contributed by atoms with Gasteiger partial charge in [0.15, 0.2) is 0 Å². The Morgan fingerprint density at radius 2 is 1.77 bits per heavy atom. The van der Waals surface area contributed by atoms with E-state index in [0.29, 0.717) is 5.41 Å². The zero-order chi connectivity index (χ0) is 9.90. The summed E-state index contributed by atoms with van der Waals surface area (Å²) in [6.45, 7) is 7.02. The van der Waals surface area contributed by atoms with Gasteiger partial charge >= 0.3 is 0 Å². The van der Waals surface area contributed by atoms with E-state index in [-0.39, 0.29) is 0 Å². The summed E-state index contributed by atoms with van der Waals surface area (Å²) < 4.78 is 0. The highest BCUT2D eigenvalue weighted by molar-refractivity contribution is 4.83. The molecule has 0 aromatic rings. The Bertz CT molecular complexity index is 140. The minimum absolute atomic E-state index is 0.469.